The highest BCUT2D eigenvalue weighted by atomic mass is 79.9. The summed E-state index contributed by atoms with van der Waals surface area (Å²) in [5.41, 5.74) is 0.352. The summed E-state index contributed by atoms with van der Waals surface area (Å²) >= 11 is 3.28. The topological polar surface area (TPSA) is 29.5 Å². The minimum Gasteiger partial charge on any atom is -0.388 e. The zero-order valence-corrected chi connectivity index (χ0v) is 10.4. The lowest BCUT2D eigenvalue weighted by Gasteiger charge is -2.27. The van der Waals surface area contributed by atoms with Crippen molar-refractivity contribution in [1.82, 2.24) is 0 Å². The molecule has 0 aliphatic carbocycles. The van der Waals surface area contributed by atoms with Gasteiger partial charge in [0.15, 0.2) is 0 Å². The molecule has 1 aliphatic rings. The Morgan fingerprint density at radius 1 is 1.50 bits per heavy atom. The van der Waals surface area contributed by atoms with Crippen LogP contribution in [0, 0.1) is 11.7 Å². The second kappa shape index (κ2) is 5.25. The van der Waals surface area contributed by atoms with Crippen molar-refractivity contribution in [2.45, 2.75) is 18.9 Å². The number of hydrogen-bond acceptors (Lipinski definition) is 2. The van der Waals surface area contributed by atoms with Crippen LogP contribution in [0.25, 0.3) is 0 Å². The van der Waals surface area contributed by atoms with Crippen LogP contribution in [0.4, 0.5) is 4.39 Å². The van der Waals surface area contributed by atoms with Crippen molar-refractivity contribution in [2.75, 3.05) is 13.2 Å². The van der Waals surface area contributed by atoms with Crippen molar-refractivity contribution in [3.63, 3.8) is 0 Å². The smallest absolute Gasteiger partial charge is 0.129 e. The Hall–Kier alpha value is -0.450. The summed E-state index contributed by atoms with van der Waals surface area (Å²) < 4.78 is 19.6. The van der Waals surface area contributed by atoms with Gasteiger partial charge in [-0.25, -0.2) is 4.39 Å². The van der Waals surface area contributed by atoms with E-state index in [0.29, 0.717) is 12.2 Å². The molecule has 2 rings (SSSR count). The van der Waals surface area contributed by atoms with Gasteiger partial charge in [-0.05, 0) is 31.0 Å². The summed E-state index contributed by atoms with van der Waals surface area (Å²) in [7, 11) is 0. The van der Waals surface area contributed by atoms with Crippen LogP contribution in [0.15, 0.2) is 22.7 Å². The molecule has 16 heavy (non-hydrogen) atoms. The van der Waals surface area contributed by atoms with Crippen molar-refractivity contribution in [2.24, 2.45) is 5.92 Å². The predicted octanol–water partition coefficient (Wildman–Crippen LogP) is 3.05. The second-order valence-corrected chi connectivity index (χ2v) is 5.00. The van der Waals surface area contributed by atoms with Gasteiger partial charge in [0.2, 0.25) is 0 Å². The summed E-state index contributed by atoms with van der Waals surface area (Å²) in [5, 5.41) is 10.1. The van der Waals surface area contributed by atoms with Crippen LogP contribution in [0.2, 0.25) is 0 Å². The monoisotopic (exact) mass is 288 g/mol. The summed E-state index contributed by atoms with van der Waals surface area (Å²) in [6.45, 7) is 1.25. The van der Waals surface area contributed by atoms with Gasteiger partial charge >= 0.3 is 0 Å². The number of aliphatic hydroxyl groups excluding tert-OH is 1. The standard InChI is InChI=1S/C12H14BrFO2/c13-9-3-4-11(14)10(6-9)12(15)8-2-1-5-16-7-8/h3-4,6,8,12,15H,1-2,5,7H2. The molecule has 0 bridgehead atoms. The van der Waals surface area contributed by atoms with Crippen LogP contribution in [-0.4, -0.2) is 18.3 Å². The molecule has 0 aromatic heterocycles. The second-order valence-electron chi connectivity index (χ2n) is 4.09. The van der Waals surface area contributed by atoms with E-state index in [0.717, 1.165) is 23.9 Å². The molecule has 88 valence electrons. The van der Waals surface area contributed by atoms with Crippen molar-refractivity contribution in [1.29, 1.82) is 0 Å². The zero-order chi connectivity index (χ0) is 11.5. The molecular formula is C12H14BrFO2. The normalized spacial score (nSPS) is 23.1. The molecule has 1 heterocycles. The van der Waals surface area contributed by atoms with Crippen LogP contribution in [0.5, 0.6) is 0 Å². The van der Waals surface area contributed by atoms with Crippen LogP contribution in [0.3, 0.4) is 0 Å². The van der Waals surface area contributed by atoms with Gasteiger partial charge in [-0.2, -0.15) is 0 Å². The third kappa shape index (κ3) is 2.62. The van der Waals surface area contributed by atoms with Gasteiger partial charge in [-0.1, -0.05) is 15.9 Å². The van der Waals surface area contributed by atoms with E-state index in [9.17, 15) is 9.50 Å². The Balaban J connectivity index is 2.18. The van der Waals surface area contributed by atoms with Gasteiger partial charge in [0.1, 0.15) is 5.82 Å². The zero-order valence-electron chi connectivity index (χ0n) is 8.83. The average Bonchev–Trinajstić information content (AvgIpc) is 2.32. The highest BCUT2D eigenvalue weighted by molar-refractivity contribution is 9.10. The molecule has 0 amide bonds. The Morgan fingerprint density at radius 2 is 2.31 bits per heavy atom. The summed E-state index contributed by atoms with van der Waals surface area (Å²) in [4.78, 5) is 0. The maximum atomic E-state index is 13.6. The summed E-state index contributed by atoms with van der Waals surface area (Å²) in [5.74, 6) is -0.362. The lowest BCUT2D eigenvalue weighted by Crippen LogP contribution is -2.24. The molecule has 4 heteroatoms. The Labute approximate surface area is 103 Å². The molecule has 1 aromatic rings. The molecular weight excluding hydrogens is 275 g/mol. The predicted molar refractivity (Wildman–Crippen MR) is 62.6 cm³/mol. The first-order valence-corrected chi connectivity index (χ1v) is 6.18. The van der Waals surface area contributed by atoms with Gasteiger partial charge in [0.05, 0.1) is 12.7 Å². The highest BCUT2D eigenvalue weighted by Gasteiger charge is 2.25. The van der Waals surface area contributed by atoms with E-state index in [1.54, 1.807) is 12.1 Å². The molecule has 2 atom stereocenters. The van der Waals surface area contributed by atoms with E-state index in [-0.39, 0.29) is 11.7 Å². The van der Waals surface area contributed by atoms with Crippen molar-refractivity contribution in [3.8, 4) is 0 Å². The number of ether oxygens (including phenoxy) is 1. The summed E-state index contributed by atoms with van der Waals surface area (Å²) in [6, 6.07) is 4.63. The van der Waals surface area contributed by atoms with Crippen molar-refractivity contribution < 1.29 is 14.2 Å². The minimum absolute atomic E-state index is 0.00227. The molecule has 2 nitrogen and oxygen atoms in total. The van der Waals surface area contributed by atoms with E-state index in [4.69, 9.17) is 4.74 Å². The van der Waals surface area contributed by atoms with Crippen molar-refractivity contribution in [3.05, 3.63) is 34.1 Å². The molecule has 1 aliphatic heterocycles. The maximum Gasteiger partial charge on any atom is 0.129 e. The van der Waals surface area contributed by atoms with Crippen LogP contribution in [-0.2, 0) is 4.74 Å². The fourth-order valence-corrected chi connectivity index (χ4v) is 2.39. The maximum absolute atomic E-state index is 13.6. The van der Waals surface area contributed by atoms with Crippen LogP contribution in [0.1, 0.15) is 24.5 Å². The molecule has 1 saturated heterocycles. The van der Waals surface area contributed by atoms with Gasteiger partial charge in [0.25, 0.3) is 0 Å². The molecule has 0 saturated carbocycles. The van der Waals surface area contributed by atoms with Gasteiger partial charge in [0, 0.05) is 22.6 Å². The molecule has 1 aromatic carbocycles. The average molecular weight is 289 g/mol. The van der Waals surface area contributed by atoms with Crippen LogP contribution < -0.4 is 0 Å². The fourth-order valence-electron chi connectivity index (χ4n) is 2.01. The van der Waals surface area contributed by atoms with Gasteiger partial charge in [-0.15, -0.1) is 0 Å². The van der Waals surface area contributed by atoms with E-state index in [1.807, 2.05) is 0 Å². The Kier molecular flexibility index (Phi) is 3.95. The van der Waals surface area contributed by atoms with Gasteiger partial charge < -0.3 is 9.84 Å². The lowest BCUT2D eigenvalue weighted by molar-refractivity contribution is -0.0112. The molecule has 0 spiro atoms. The third-order valence-corrected chi connectivity index (χ3v) is 3.41. The summed E-state index contributed by atoms with van der Waals surface area (Å²) in [6.07, 6.45) is 1.03. The first-order chi connectivity index (χ1) is 7.68. The van der Waals surface area contributed by atoms with E-state index in [2.05, 4.69) is 15.9 Å². The number of benzene rings is 1. The number of hydrogen-bond donors (Lipinski definition) is 1. The molecule has 1 N–H and O–H groups in total. The number of halogens is 2. The van der Waals surface area contributed by atoms with Gasteiger partial charge in [-0.3, -0.25) is 0 Å². The Morgan fingerprint density at radius 3 is 3.00 bits per heavy atom. The SMILES string of the molecule is OC(c1cc(Br)ccc1F)C1CCCOC1. The number of rotatable bonds is 2. The van der Waals surface area contributed by atoms with Crippen molar-refractivity contribution >= 4 is 15.9 Å². The molecule has 0 radical (unpaired) electrons. The lowest BCUT2D eigenvalue weighted by atomic mass is 9.91. The van der Waals surface area contributed by atoms with E-state index >= 15 is 0 Å². The highest BCUT2D eigenvalue weighted by Crippen LogP contribution is 2.31. The largest absolute Gasteiger partial charge is 0.388 e. The quantitative estimate of drug-likeness (QED) is 0.906. The first-order valence-electron chi connectivity index (χ1n) is 5.39. The van der Waals surface area contributed by atoms with E-state index < -0.39 is 6.10 Å². The molecule has 1 fully saturated rings. The Bertz CT molecular complexity index is 364. The fraction of sp³-hybridized carbons (Fsp3) is 0.500. The van der Waals surface area contributed by atoms with E-state index in [1.165, 1.54) is 6.07 Å². The van der Waals surface area contributed by atoms with Crippen LogP contribution >= 0.6 is 15.9 Å². The number of aliphatic hydroxyl groups is 1. The minimum atomic E-state index is -0.780. The molecule has 2 unspecified atom stereocenters. The third-order valence-electron chi connectivity index (χ3n) is 2.92. The first kappa shape index (κ1) is 12.0.